The lowest BCUT2D eigenvalue weighted by Crippen LogP contribution is -2.31. The molecule has 0 bridgehead atoms. The summed E-state index contributed by atoms with van der Waals surface area (Å²) in [5.41, 5.74) is 0.950. The van der Waals surface area contributed by atoms with Gasteiger partial charge in [0, 0.05) is 19.2 Å². The van der Waals surface area contributed by atoms with E-state index in [1.54, 1.807) is 36.2 Å². The number of hydrogen-bond donors (Lipinski definition) is 2. The Balaban J connectivity index is 2.69. The molecular weight excluding hydrogens is 217 g/mol. The Bertz CT molecular complexity index is 365. The first-order valence-electron chi connectivity index (χ1n) is 5.77. The summed E-state index contributed by atoms with van der Waals surface area (Å²) in [5, 5.41) is 17.9. The zero-order valence-electron chi connectivity index (χ0n) is 10.3. The molecule has 1 aromatic rings. The molecule has 1 aromatic carbocycles. The van der Waals surface area contributed by atoms with E-state index in [2.05, 4.69) is 6.92 Å². The van der Waals surface area contributed by atoms with Gasteiger partial charge in [0.05, 0.1) is 0 Å². The van der Waals surface area contributed by atoms with E-state index in [-0.39, 0.29) is 5.91 Å². The molecule has 92 valence electrons. The van der Waals surface area contributed by atoms with Gasteiger partial charge in [0.1, 0.15) is 0 Å². The van der Waals surface area contributed by atoms with Gasteiger partial charge in [0.2, 0.25) is 0 Å². The molecule has 17 heavy (non-hydrogen) atoms. The van der Waals surface area contributed by atoms with E-state index in [4.69, 9.17) is 10.0 Å². The summed E-state index contributed by atoms with van der Waals surface area (Å²) in [7, 11) is 0.282. The quantitative estimate of drug-likeness (QED) is 0.718. The maximum Gasteiger partial charge on any atom is 0.488 e. The predicted octanol–water partition coefficient (Wildman–Crippen LogP) is 0.238. The molecule has 1 amide bonds. The molecule has 0 aliphatic rings. The predicted molar refractivity (Wildman–Crippen MR) is 68.1 cm³/mol. The Kier molecular flexibility index (Phi) is 5.19. The van der Waals surface area contributed by atoms with Crippen LogP contribution in [0.3, 0.4) is 0 Å². The number of carbonyl (C=O) groups is 1. The molecule has 0 saturated carbocycles. The highest BCUT2D eigenvalue weighted by Gasteiger charge is 2.14. The highest BCUT2D eigenvalue weighted by Crippen LogP contribution is 2.03. The Morgan fingerprint density at radius 3 is 2.35 bits per heavy atom. The van der Waals surface area contributed by atoms with E-state index in [9.17, 15) is 4.79 Å². The lowest BCUT2D eigenvalue weighted by molar-refractivity contribution is 0.0793. The molecule has 0 atom stereocenters. The maximum absolute atomic E-state index is 11.9. The molecule has 1 rings (SSSR count). The molecule has 0 fully saturated rings. The Labute approximate surface area is 102 Å². The van der Waals surface area contributed by atoms with Gasteiger partial charge in [-0.15, -0.1) is 0 Å². The number of unbranched alkanes of at least 4 members (excludes halogenated alkanes) is 1. The van der Waals surface area contributed by atoms with E-state index < -0.39 is 7.12 Å². The molecular formula is C12H18BNO3. The second-order valence-corrected chi connectivity index (χ2v) is 4.08. The van der Waals surface area contributed by atoms with Crippen molar-refractivity contribution in [2.24, 2.45) is 0 Å². The normalized spacial score (nSPS) is 10.1. The average Bonchev–Trinajstić information content (AvgIpc) is 2.35. The van der Waals surface area contributed by atoms with Crippen molar-refractivity contribution in [3.05, 3.63) is 29.8 Å². The fraction of sp³-hybridized carbons (Fsp3) is 0.417. The number of amides is 1. The minimum Gasteiger partial charge on any atom is -0.423 e. The van der Waals surface area contributed by atoms with Crippen LogP contribution in [0.25, 0.3) is 0 Å². The zero-order chi connectivity index (χ0) is 12.8. The summed E-state index contributed by atoms with van der Waals surface area (Å²) in [4.78, 5) is 13.6. The summed E-state index contributed by atoms with van der Waals surface area (Å²) >= 11 is 0. The van der Waals surface area contributed by atoms with Crippen LogP contribution < -0.4 is 5.46 Å². The van der Waals surface area contributed by atoms with Crippen LogP contribution in [-0.2, 0) is 0 Å². The topological polar surface area (TPSA) is 60.8 Å². The first-order chi connectivity index (χ1) is 8.06. The van der Waals surface area contributed by atoms with Crippen LogP contribution in [0, 0.1) is 0 Å². The van der Waals surface area contributed by atoms with Crippen molar-refractivity contribution >= 4 is 18.5 Å². The third kappa shape index (κ3) is 3.87. The SMILES string of the molecule is CCCCN(C)C(=O)c1ccc(B(O)O)cc1. The van der Waals surface area contributed by atoms with Gasteiger partial charge in [0.15, 0.2) is 0 Å². The van der Waals surface area contributed by atoms with Crippen molar-refractivity contribution in [3.63, 3.8) is 0 Å². The van der Waals surface area contributed by atoms with Crippen LogP contribution in [0.4, 0.5) is 0 Å². The van der Waals surface area contributed by atoms with E-state index in [0.717, 1.165) is 19.4 Å². The zero-order valence-corrected chi connectivity index (χ0v) is 10.3. The maximum atomic E-state index is 11.9. The van der Waals surface area contributed by atoms with Gasteiger partial charge in [-0.1, -0.05) is 25.5 Å². The van der Waals surface area contributed by atoms with E-state index in [1.165, 1.54) is 0 Å². The van der Waals surface area contributed by atoms with Gasteiger partial charge in [-0.05, 0) is 24.0 Å². The van der Waals surface area contributed by atoms with E-state index >= 15 is 0 Å². The second-order valence-electron chi connectivity index (χ2n) is 4.08. The molecule has 0 aliphatic carbocycles. The van der Waals surface area contributed by atoms with Crippen molar-refractivity contribution < 1.29 is 14.8 Å². The van der Waals surface area contributed by atoms with Crippen molar-refractivity contribution in [2.75, 3.05) is 13.6 Å². The minimum atomic E-state index is -1.49. The summed E-state index contributed by atoms with van der Waals surface area (Å²) in [6, 6.07) is 6.32. The fourth-order valence-electron chi connectivity index (χ4n) is 1.52. The fourth-order valence-corrected chi connectivity index (χ4v) is 1.52. The van der Waals surface area contributed by atoms with E-state index in [1.807, 2.05) is 0 Å². The van der Waals surface area contributed by atoms with Gasteiger partial charge in [0.25, 0.3) is 5.91 Å². The van der Waals surface area contributed by atoms with Gasteiger partial charge in [-0.3, -0.25) is 4.79 Å². The Morgan fingerprint density at radius 2 is 1.88 bits per heavy atom. The van der Waals surface area contributed by atoms with Gasteiger partial charge >= 0.3 is 7.12 Å². The molecule has 0 heterocycles. The first-order valence-corrected chi connectivity index (χ1v) is 5.77. The number of carbonyl (C=O) groups excluding carboxylic acids is 1. The lowest BCUT2D eigenvalue weighted by Gasteiger charge is -2.16. The molecule has 0 saturated heterocycles. The number of benzene rings is 1. The van der Waals surface area contributed by atoms with Crippen LogP contribution in [0.5, 0.6) is 0 Å². The van der Waals surface area contributed by atoms with Crippen LogP contribution in [0.15, 0.2) is 24.3 Å². The monoisotopic (exact) mass is 235 g/mol. The summed E-state index contributed by atoms with van der Waals surface area (Å²) in [6.45, 7) is 2.81. The molecule has 0 aromatic heterocycles. The van der Waals surface area contributed by atoms with Crippen LogP contribution >= 0.6 is 0 Å². The van der Waals surface area contributed by atoms with Gasteiger partial charge in [-0.2, -0.15) is 0 Å². The number of nitrogens with zero attached hydrogens (tertiary/aromatic N) is 1. The largest absolute Gasteiger partial charge is 0.488 e. The molecule has 0 aliphatic heterocycles. The molecule has 2 N–H and O–H groups in total. The smallest absolute Gasteiger partial charge is 0.423 e. The molecule has 0 spiro atoms. The summed E-state index contributed by atoms with van der Waals surface area (Å²) in [6.07, 6.45) is 2.03. The molecule has 0 radical (unpaired) electrons. The third-order valence-corrected chi connectivity index (χ3v) is 2.65. The minimum absolute atomic E-state index is 0.0440. The van der Waals surface area contributed by atoms with Crippen molar-refractivity contribution in [3.8, 4) is 0 Å². The average molecular weight is 235 g/mol. The van der Waals surface area contributed by atoms with Gasteiger partial charge in [-0.25, -0.2) is 0 Å². The highest BCUT2D eigenvalue weighted by molar-refractivity contribution is 6.58. The third-order valence-electron chi connectivity index (χ3n) is 2.65. The molecule has 5 heteroatoms. The number of hydrogen-bond acceptors (Lipinski definition) is 3. The molecule has 0 unspecified atom stereocenters. The van der Waals surface area contributed by atoms with Crippen molar-refractivity contribution in [1.82, 2.24) is 4.90 Å². The number of rotatable bonds is 5. The van der Waals surface area contributed by atoms with E-state index in [0.29, 0.717) is 11.0 Å². The van der Waals surface area contributed by atoms with Crippen molar-refractivity contribution in [1.29, 1.82) is 0 Å². The lowest BCUT2D eigenvalue weighted by atomic mass is 9.80. The summed E-state index contributed by atoms with van der Waals surface area (Å²) in [5.74, 6) is -0.0440. The second kappa shape index (κ2) is 6.42. The van der Waals surface area contributed by atoms with Crippen molar-refractivity contribution in [2.45, 2.75) is 19.8 Å². The Morgan fingerprint density at radius 1 is 1.29 bits per heavy atom. The van der Waals surface area contributed by atoms with Gasteiger partial charge < -0.3 is 14.9 Å². The standard InChI is InChI=1S/C12H18BNO3/c1-3-4-9-14(2)12(15)10-5-7-11(8-6-10)13(16)17/h5-8,16-17H,3-4,9H2,1-2H3. The van der Waals surface area contributed by atoms with Crippen LogP contribution in [-0.4, -0.2) is 41.6 Å². The van der Waals surface area contributed by atoms with Crippen LogP contribution in [0.1, 0.15) is 30.1 Å². The first kappa shape index (κ1) is 13.7. The highest BCUT2D eigenvalue weighted by atomic mass is 16.4. The van der Waals surface area contributed by atoms with Crippen LogP contribution in [0.2, 0.25) is 0 Å². The summed E-state index contributed by atoms with van der Waals surface area (Å²) < 4.78 is 0. The molecule has 4 nitrogen and oxygen atoms in total. The Hall–Kier alpha value is -1.33.